The standard InChI is InChI=1S/C12H24F2N2O2/c1-12(15-2,11(17)18-4)7-5-6-8-16(3)9-10(13)14/h10,15H,5-9H2,1-4H3. The smallest absolute Gasteiger partial charge is 0.325 e. The molecule has 1 unspecified atom stereocenters. The van der Waals surface area contributed by atoms with Crippen LogP contribution in [0.25, 0.3) is 0 Å². The van der Waals surface area contributed by atoms with Gasteiger partial charge < -0.3 is 15.0 Å². The molecule has 0 bridgehead atoms. The molecule has 0 radical (unpaired) electrons. The molecule has 0 aliphatic heterocycles. The van der Waals surface area contributed by atoms with Crippen LogP contribution in [-0.2, 0) is 9.53 Å². The fourth-order valence-electron chi connectivity index (χ4n) is 1.74. The molecular formula is C12H24F2N2O2. The molecule has 0 spiro atoms. The van der Waals surface area contributed by atoms with Gasteiger partial charge in [0, 0.05) is 0 Å². The molecule has 0 aliphatic rings. The zero-order chi connectivity index (χ0) is 14.2. The van der Waals surface area contributed by atoms with Crippen molar-refractivity contribution in [2.45, 2.75) is 38.2 Å². The number of hydrogen-bond acceptors (Lipinski definition) is 4. The number of methoxy groups -OCH3 is 1. The molecule has 0 rings (SSSR count). The summed E-state index contributed by atoms with van der Waals surface area (Å²) < 4.78 is 28.9. The van der Waals surface area contributed by atoms with Crippen LogP contribution in [0.3, 0.4) is 0 Å². The number of hydrogen-bond donors (Lipinski definition) is 1. The average Bonchev–Trinajstić information content (AvgIpc) is 2.32. The van der Waals surface area contributed by atoms with E-state index >= 15 is 0 Å². The van der Waals surface area contributed by atoms with Crippen molar-refractivity contribution in [2.75, 3.05) is 34.3 Å². The molecule has 0 aromatic rings. The lowest BCUT2D eigenvalue weighted by Crippen LogP contribution is -2.48. The fourth-order valence-corrected chi connectivity index (χ4v) is 1.74. The summed E-state index contributed by atoms with van der Waals surface area (Å²) in [6.45, 7) is 2.17. The van der Waals surface area contributed by atoms with E-state index in [0.29, 0.717) is 13.0 Å². The van der Waals surface area contributed by atoms with Crippen LogP contribution in [0.2, 0.25) is 0 Å². The second kappa shape index (κ2) is 8.37. The van der Waals surface area contributed by atoms with Gasteiger partial charge in [0.1, 0.15) is 5.54 Å². The molecule has 0 heterocycles. The van der Waals surface area contributed by atoms with E-state index < -0.39 is 12.0 Å². The summed E-state index contributed by atoms with van der Waals surface area (Å²) in [6, 6.07) is 0. The van der Waals surface area contributed by atoms with Gasteiger partial charge in [-0.05, 0) is 46.8 Å². The Morgan fingerprint density at radius 2 is 2.06 bits per heavy atom. The van der Waals surface area contributed by atoms with Crippen molar-refractivity contribution in [3.63, 3.8) is 0 Å². The minimum atomic E-state index is -2.30. The van der Waals surface area contributed by atoms with Gasteiger partial charge in [0.2, 0.25) is 0 Å². The number of halogens is 2. The fraction of sp³-hybridized carbons (Fsp3) is 0.917. The molecule has 6 heteroatoms. The predicted octanol–water partition coefficient (Wildman–Crippen LogP) is 1.50. The average molecular weight is 266 g/mol. The van der Waals surface area contributed by atoms with Gasteiger partial charge >= 0.3 is 5.97 Å². The SMILES string of the molecule is CNC(C)(CCCCN(C)CC(F)F)C(=O)OC. The summed E-state index contributed by atoms with van der Waals surface area (Å²) in [7, 11) is 4.73. The lowest BCUT2D eigenvalue weighted by molar-refractivity contribution is -0.148. The number of esters is 1. The van der Waals surface area contributed by atoms with Gasteiger partial charge in [-0.1, -0.05) is 0 Å². The maximum atomic E-state index is 12.1. The summed E-state index contributed by atoms with van der Waals surface area (Å²) in [5.74, 6) is -0.300. The first-order valence-corrected chi connectivity index (χ1v) is 6.09. The molecule has 18 heavy (non-hydrogen) atoms. The highest BCUT2D eigenvalue weighted by molar-refractivity contribution is 5.80. The van der Waals surface area contributed by atoms with Crippen LogP contribution in [0.4, 0.5) is 8.78 Å². The number of unbranched alkanes of at least 4 members (excludes halogenated alkanes) is 1. The molecule has 0 fully saturated rings. The number of carbonyl (C=O) groups is 1. The number of ether oxygens (including phenoxy) is 1. The minimum absolute atomic E-state index is 0.208. The Labute approximate surface area is 108 Å². The van der Waals surface area contributed by atoms with E-state index in [9.17, 15) is 13.6 Å². The molecule has 0 aromatic carbocycles. The molecule has 108 valence electrons. The Kier molecular flexibility index (Phi) is 8.02. The Hall–Kier alpha value is -0.750. The van der Waals surface area contributed by atoms with Gasteiger partial charge in [-0.15, -0.1) is 0 Å². The summed E-state index contributed by atoms with van der Waals surface area (Å²) in [6.07, 6.45) is -0.122. The minimum Gasteiger partial charge on any atom is -0.468 e. The lowest BCUT2D eigenvalue weighted by atomic mass is 9.95. The molecule has 0 aromatic heterocycles. The Balaban J connectivity index is 3.91. The Morgan fingerprint density at radius 3 is 2.50 bits per heavy atom. The maximum Gasteiger partial charge on any atom is 0.325 e. The van der Waals surface area contributed by atoms with Gasteiger partial charge in [0.25, 0.3) is 6.43 Å². The van der Waals surface area contributed by atoms with Gasteiger partial charge in [-0.25, -0.2) is 8.78 Å². The highest BCUT2D eigenvalue weighted by Gasteiger charge is 2.31. The molecule has 0 saturated heterocycles. The van der Waals surface area contributed by atoms with Crippen LogP contribution >= 0.6 is 0 Å². The second-order valence-corrected chi connectivity index (χ2v) is 4.68. The van der Waals surface area contributed by atoms with Crippen LogP contribution in [0, 0.1) is 0 Å². The number of nitrogens with zero attached hydrogens (tertiary/aromatic N) is 1. The zero-order valence-corrected chi connectivity index (χ0v) is 11.6. The monoisotopic (exact) mass is 266 g/mol. The number of likely N-dealkylation sites (N-methyl/N-ethyl adjacent to an activating group) is 1. The van der Waals surface area contributed by atoms with Crippen LogP contribution in [0.15, 0.2) is 0 Å². The van der Waals surface area contributed by atoms with E-state index in [1.165, 1.54) is 7.11 Å². The summed E-state index contributed by atoms with van der Waals surface area (Å²) in [4.78, 5) is 13.1. The van der Waals surface area contributed by atoms with Gasteiger partial charge in [-0.3, -0.25) is 4.79 Å². The van der Waals surface area contributed by atoms with E-state index in [-0.39, 0.29) is 12.5 Å². The third kappa shape index (κ3) is 6.26. The van der Waals surface area contributed by atoms with E-state index in [1.807, 2.05) is 0 Å². The third-order valence-corrected chi connectivity index (χ3v) is 3.10. The van der Waals surface area contributed by atoms with E-state index in [1.54, 1.807) is 25.9 Å². The largest absolute Gasteiger partial charge is 0.468 e. The molecule has 0 aliphatic carbocycles. The second-order valence-electron chi connectivity index (χ2n) is 4.68. The zero-order valence-electron chi connectivity index (χ0n) is 11.6. The maximum absolute atomic E-state index is 12.1. The normalized spacial score (nSPS) is 14.9. The Bertz CT molecular complexity index is 252. The summed E-state index contributed by atoms with van der Waals surface area (Å²) in [5.41, 5.74) is -0.698. The van der Waals surface area contributed by atoms with Gasteiger partial charge in [-0.2, -0.15) is 0 Å². The molecule has 1 N–H and O–H groups in total. The van der Waals surface area contributed by atoms with Crippen molar-refractivity contribution in [1.82, 2.24) is 10.2 Å². The molecule has 0 amide bonds. The summed E-state index contributed by atoms with van der Waals surface area (Å²) in [5, 5.41) is 2.94. The topological polar surface area (TPSA) is 41.6 Å². The van der Waals surface area contributed by atoms with E-state index in [2.05, 4.69) is 5.32 Å². The van der Waals surface area contributed by atoms with Crippen molar-refractivity contribution in [2.24, 2.45) is 0 Å². The number of rotatable bonds is 9. The van der Waals surface area contributed by atoms with Crippen molar-refractivity contribution in [3.8, 4) is 0 Å². The van der Waals surface area contributed by atoms with Crippen LogP contribution in [0.5, 0.6) is 0 Å². The number of nitrogens with one attached hydrogen (secondary N) is 1. The highest BCUT2D eigenvalue weighted by atomic mass is 19.3. The van der Waals surface area contributed by atoms with E-state index in [4.69, 9.17) is 4.74 Å². The van der Waals surface area contributed by atoms with Crippen molar-refractivity contribution in [1.29, 1.82) is 0 Å². The number of carbonyl (C=O) groups excluding carboxylic acids is 1. The van der Waals surface area contributed by atoms with Crippen LogP contribution < -0.4 is 5.32 Å². The van der Waals surface area contributed by atoms with E-state index in [0.717, 1.165) is 12.8 Å². The van der Waals surface area contributed by atoms with Crippen LogP contribution in [-0.4, -0.2) is 57.1 Å². The highest BCUT2D eigenvalue weighted by Crippen LogP contribution is 2.15. The van der Waals surface area contributed by atoms with Crippen molar-refractivity contribution < 1.29 is 18.3 Å². The van der Waals surface area contributed by atoms with Gasteiger partial charge in [0.15, 0.2) is 0 Å². The third-order valence-electron chi connectivity index (χ3n) is 3.10. The molecule has 0 saturated carbocycles. The lowest BCUT2D eigenvalue weighted by Gasteiger charge is -2.26. The van der Waals surface area contributed by atoms with Crippen LogP contribution in [0.1, 0.15) is 26.2 Å². The predicted molar refractivity (Wildman–Crippen MR) is 66.8 cm³/mol. The van der Waals surface area contributed by atoms with Crippen molar-refractivity contribution in [3.05, 3.63) is 0 Å². The molecule has 1 atom stereocenters. The first-order chi connectivity index (χ1) is 8.35. The van der Waals surface area contributed by atoms with Crippen molar-refractivity contribution >= 4 is 5.97 Å². The van der Waals surface area contributed by atoms with Gasteiger partial charge in [0.05, 0.1) is 13.7 Å². The number of alkyl halides is 2. The first kappa shape index (κ1) is 17.2. The Morgan fingerprint density at radius 1 is 1.44 bits per heavy atom. The molecular weight excluding hydrogens is 242 g/mol. The summed E-state index contributed by atoms with van der Waals surface area (Å²) >= 11 is 0. The molecule has 4 nitrogen and oxygen atoms in total. The quantitative estimate of drug-likeness (QED) is 0.507. The first-order valence-electron chi connectivity index (χ1n) is 6.09.